The lowest BCUT2D eigenvalue weighted by molar-refractivity contribution is -0.897. The zero-order chi connectivity index (χ0) is 20.5. The molecule has 1 aliphatic heterocycles. The van der Waals surface area contributed by atoms with E-state index in [1.165, 1.54) is 4.90 Å². The van der Waals surface area contributed by atoms with E-state index in [2.05, 4.69) is 13.8 Å². The van der Waals surface area contributed by atoms with E-state index in [4.69, 9.17) is 4.74 Å². The maximum absolute atomic E-state index is 12.8. The summed E-state index contributed by atoms with van der Waals surface area (Å²) in [6.45, 7) is 8.76. The Morgan fingerprint density at radius 3 is 2.43 bits per heavy atom. The second kappa shape index (κ2) is 11.1. The molecular formula is C22H34N2O4. The van der Waals surface area contributed by atoms with Gasteiger partial charge in [-0.05, 0) is 56.2 Å². The van der Waals surface area contributed by atoms with Crippen molar-refractivity contribution in [1.29, 1.82) is 0 Å². The Hall–Kier alpha value is -2.08. The number of benzene rings is 1. The fourth-order valence-electron chi connectivity index (χ4n) is 4.14. The Kier molecular flexibility index (Phi) is 8.77. The number of methoxy groups -OCH3 is 1. The normalized spacial score (nSPS) is 19.6. The van der Waals surface area contributed by atoms with Crippen LogP contribution in [0.1, 0.15) is 38.7 Å². The summed E-state index contributed by atoms with van der Waals surface area (Å²) in [7, 11) is 1.62. The Bertz CT molecular complexity index is 628. The molecule has 0 aliphatic carbocycles. The molecule has 0 aromatic heterocycles. The second-order valence-electron chi connectivity index (χ2n) is 7.75. The molecular weight excluding hydrogens is 356 g/mol. The minimum atomic E-state index is -0.983. The van der Waals surface area contributed by atoms with Crippen LogP contribution >= 0.6 is 0 Å². The van der Waals surface area contributed by atoms with Gasteiger partial charge in [0.1, 0.15) is 5.75 Å². The molecule has 28 heavy (non-hydrogen) atoms. The van der Waals surface area contributed by atoms with Crippen molar-refractivity contribution in [3.05, 3.63) is 29.8 Å². The lowest BCUT2D eigenvalue weighted by atomic mass is 9.81. The number of ether oxygens (including phenoxy) is 1. The molecule has 1 aromatic carbocycles. The van der Waals surface area contributed by atoms with Crippen molar-refractivity contribution in [2.75, 3.05) is 39.8 Å². The summed E-state index contributed by atoms with van der Waals surface area (Å²) in [6, 6.07) is 7.57. The highest BCUT2D eigenvalue weighted by Gasteiger charge is 2.32. The van der Waals surface area contributed by atoms with Gasteiger partial charge in [0.25, 0.3) is 0 Å². The molecule has 1 heterocycles. The van der Waals surface area contributed by atoms with Crippen molar-refractivity contribution in [2.24, 2.45) is 11.8 Å². The first-order chi connectivity index (χ1) is 13.5. The van der Waals surface area contributed by atoms with Gasteiger partial charge in [-0.25, -0.2) is 0 Å². The number of amides is 1. The lowest BCUT2D eigenvalue weighted by Gasteiger charge is -2.39. The number of rotatable bonds is 10. The van der Waals surface area contributed by atoms with Crippen molar-refractivity contribution in [3.8, 4) is 5.75 Å². The number of carboxylic acid groups (broad SMARTS) is 1. The predicted molar refractivity (Wildman–Crippen MR) is 106 cm³/mol. The summed E-state index contributed by atoms with van der Waals surface area (Å²) in [4.78, 5) is 27.4. The van der Waals surface area contributed by atoms with Gasteiger partial charge in [0.15, 0.2) is 0 Å². The minimum Gasteiger partial charge on any atom is -0.550 e. The number of likely N-dealkylation sites (tertiary alicyclic amines) is 1. The first kappa shape index (κ1) is 22.2. The molecule has 1 N–H and O–H groups in total. The summed E-state index contributed by atoms with van der Waals surface area (Å²) < 4.78 is 5.16. The fraction of sp³-hybridized carbons (Fsp3) is 0.636. The molecule has 1 aromatic rings. The van der Waals surface area contributed by atoms with Crippen LogP contribution in [0.15, 0.2) is 24.3 Å². The molecule has 0 bridgehead atoms. The zero-order valence-corrected chi connectivity index (χ0v) is 17.4. The van der Waals surface area contributed by atoms with Crippen LogP contribution in [-0.4, -0.2) is 56.6 Å². The number of aliphatic carboxylic acids is 1. The minimum absolute atomic E-state index is 0.0960. The quantitative estimate of drug-likeness (QED) is 0.618. The van der Waals surface area contributed by atoms with E-state index >= 15 is 0 Å². The molecule has 2 rings (SSSR count). The Morgan fingerprint density at radius 1 is 1.18 bits per heavy atom. The van der Waals surface area contributed by atoms with Crippen molar-refractivity contribution in [3.63, 3.8) is 0 Å². The third-order valence-corrected chi connectivity index (χ3v) is 6.06. The van der Waals surface area contributed by atoms with Crippen LogP contribution in [-0.2, 0) is 16.0 Å². The Morgan fingerprint density at radius 2 is 1.86 bits per heavy atom. The van der Waals surface area contributed by atoms with Gasteiger partial charge >= 0.3 is 0 Å². The molecule has 0 saturated carbocycles. The van der Waals surface area contributed by atoms with Crippen molar-refractivity contribution < 1.29 is 24.3 Å². The number of hydrogen-bond donors (Lipinski definition) is 1. The summed E-state index contributed by atoms with van der Waals surface area (Å²) in [5.41, 5.74) is 0.965. The van der Waals surface area contributed by atoms with Gasteiger partial charge in [-0.1, -0.05) is 12.1 Å². The summed E-state index contributed by atoms with van der Waals surface area (Å²) in [5.74, 6) is 0.225. The molecule has 156 valence electrons. The summed E-state index contributed by atoms with van der Waals surface area (Å²) in [5, 5.41) is 11.2. The van der Waals surface area contributed by atoms with E-state index in [9.17, 15) is 14.7 Å². The van der Waals surface area contributed by atoms with Crippen molar-refractivity contribution in [2.45, 2.75) is 39.5 Å². The highest BCUT2D eigenvalue weighted by atomic mass is 16.5. The number of carbonyl (C=O) groups is 2. The third kappa shape index (κ3) is 6.51. The highest BCUT2D eigenvalue weighted by Crippen LogP contribution is 2.29. The molecule has 0 radical (unpaired) electrons. The Balaban J connectivity index is 1.98. The van der Waals surface area contributed by atoms with Gasteiger partial charge in [-0.3, -0.25) is 4.79 Å². The fourth-order valence-corrected chi connectivity index (χ4v) is 4.14. The van der Waals surface area contributed by atoms with Crippen LogP contribution in [0.4, 0.5) is 0 Å². The average molecular weight is 391 g/mol. The van der Waals surface area contributed by atoms with E-state index < -0.39 is 5.97 Å². The number of hydrogen-bond acceptors (Lipinski definition) is 4. The number of nitrogens with zero attached hydrogens (tertiary/aromatic N) is 1. The van der Waals surface area contributed by atoms with Gasteiger partial charge in [0, 0.05) is 25.5 Å². The Labute approximate surface area is 168 Å². The first-order valence-corrected chi connectivity index (χ1v) is 10.4. The molecule has 1 fully saturated rings. The van der Waals surface area contributed by atoms with Gasteiger partial charge in [0.05, 0.1) is 33.2 Å². The van der Waals surface area contributed by atoms with Gasteiger partial charge in [0.2, 0.25) is 5.91 Å². The second-order valence-corrected chi connectivity index (χ2v) is 7.75. The summed E-state index contributed by atoms with van der Waals surface area (Å²) in [6.07, 6.45) is 2.14. The molecule has 1 amide bonds. The van der Waals surface area contributed by atoms with Gasteiger partial charge < -0.3 is 24.4 Å². The van der Waals surface area contributed by atoms with Crippen LogP contribution < -0.4 is 14.7 Å². The van der Waals surface area contributed by atoms with Gasteiger partial charge in [-0.2, -0.15) is 0 Å². The molecule has 2 atom stereocenters. The van der Waals surface area contributed by atoms with Gasteiger partial charge in [-0.15, -0.1) is 0 Å². The lowest BCUT2D eigenvalue weighted by Crippen LogP contribution is -3.11. The van der Waals surface area contributed by atoms with Crippen LogP contribution in [0.25, 0.3) is 0 Å². The average Bonchev–Trinajstić information content (AvgIpc) is 2.69. The molecule has 0 unspecified atom stereocenters. The molecule has 1 aliphatic rings. The molecule has 6 nitrogen and oxygen atoms in total. The standard InChI is InChI=1S/C22H34N2O4/c1-4-23(5-2)12-10-19-16-24(13-11-18(19)15-22(26)27)21(25)14-17-6-8-20(28-3)9-7-17/h6-9,18-19H,4-5,10-16H2,1-3H3,(H,26,27)/t18-,19-/m0/s1. The van der Waals surface area contributed by atoms with Crippen LogP contribution in [0.5, 0.6) is 5.75 Å². The topological polar surface area (TPSA) is 74.1 Å². The molecule has 1 saturated heterocycles. The number of carbonyl (C=O) groups excluding carboxylic acids is 2. The van der Waals surface area contributed by atoms with Crippen molar-refractivity contribution >= 4 is 11.9 Å². The monoisotopic (exact) mass is 390 g/mol. The molecule has 0 spiro atoms. The number of piperidine rings is 1. The molecule has 6 heteroatoms. The maximum Gasteiger partial charge on any atom is 0.226 e. The van der Waals surface area contributed by atoms with E-state index in [1.807, 2.05) is 29.2 Å². The van der Waals surface area contributed by atoms with E-state index in [0.717, 1.165) is 43.8 Å². The van der Waals surface area contributed by atoms with Crippen molar-refractivity contribution in [1.82, 2.24) is 4.90 Å². The zero-order valence-electron chi connectivity index (χ0n) is 17.4. The largest absolute Gasteiger partial charge is 0.550 e. The summed E-state index contributed by atoms with van der Waals surface area (Å²) >= 11 is 0. The highest BCUT2D eigenvalue weighted by molar-refractivity contribution is 5.79. The maximum atomic E-state index is 12.8. The van der Waals surface area contributed by atoms with Crippen LogP contribution in [0.2, 0.25) is 0 Å². The predicted octanol–water partition coefficient (Wildman–Crippen LogP) is 0.157. The van der Waals surface area contributed by atoms with E-state index in [-0.39, 0.29) is 24.2 Å². The van der Waals surface area contributed by atoms with Crippen LogP contribution in [0, 0.1) is 11.8 Å². The SMILES string of the molecule is CC[NH+](CC)CC[C@H]1CN(C(=O)Cc2ccc(OC)cc2)CC[C@H]1CC(=O)[O-]. The van der Waals surface area contributed by atoms with E-state index in [1.54, 1.807) is 7.11 Å². The smallest absolute Gasteiger partial charge is 0.226 e. The first-order valence-electron chi connectivity index (χ1n) is 10.4. The number of carboxylic acids is 1. The van der Waals surface area contributed by atoms with E-state index in [0.29, 0.717) is 19.5 Å². The number of nitrogens with one attached hydrogen (secondary N) is 1. The third-order valence-electron chi connectivity index (χ3n) is 6.06. The van der Waals surface area contributed by atoms with Crippen LogP contribution in [0.3, 0.4) is 0 Å². The number of quaternary nitrogens is 1.